The summed E-state index contributed by atoms with van der Waals surface area (Å²) in [5, 5.41) is 3.42. The topological polar surface area (TPSA) is 29.9 Å². The Morgan fingerprint density at radius 1 is 1.47 bits per heavy atom. The van der Waals surface area contributed by atoms with Gasteiger partial charge in [-0.25, -0.2) is 4.98 Å². The second-order valence-electron chi connectivity index (χ2n) is 5.08. The molecule has 1 aromatic rings. The number of anilines is 1. The largest absolute Gasteiger partial charge is 0.356 e. The highest BCUT2D eigenvalue weighted by molar-refractivity contribution is 7.99. The highest BCUT2D eigenvalue weighted by Gasteiger charge is 2.18. The fourth-order valence-electron chi connectivity index (χ4n) is 1.66. The summed E-state index contributed by atoms with van der Waals surface area (Å²) >= 11 is 1.89. The fourth-order valence-corrected chi connectivity index (χ4v) is 1.93. The molecule has 4 heteroatoms. The molecule has 0 atom stereocenters. The monoisotopic (exact) mass is 255 g/mol. The number of nitrogens with one attached hydrogen (secondary N) is 1. The van der Waals surface area contributed by atoms with E-state index in [9.17, 15) is 0 Å². The van der Waals surface area contributed by atoms with Gasteiger partial charge in [0, 0.05) is 24.0 Å². The van der Waals surface area contributed by atoms with Crippen LogP contribution in [-0.2, 0) is 6.54 Å². The number of thioether (sulfide) groups is 1. The number of aromatic nitrogens is 2. The van der Waals surface area contributed by atoms with Crippen LogP contribution >= 0.6 is 11.8 Å². The van der Waals surface area contributed by atoms with Gasteiger partial charge < -0.3 is 9.88 Å². The zero-order chi connectivity index (χ0) is 12.9. The molecule has 0 spiro atoms. The van der Waals surface area contributed by atoms with E-state index in [2.05, 4.69) is 48.1 Å². The van der Waals surface area contributed by atoms with Gasteiger partial charge in [-0.15, -0.1) is 0 Å². The molecule has 0 radical (unpaired) electrons. The summed E-state index contributed by atoms with van der Waals surface area (Å²) in [4.78, 5) is 4.54. The smallest absolute Gasteiger partial charge is 0.203 e. The summed E-state index contributed by atoms with van der Waals surface area (Å²) in [6.45, 7) is 10.8. The lowest BCUT2D eigenvalue weighted by atomic mass is 10.2. The molecule has 0 amide bonds. The van der Waals surface area contributed by atoms with Gasteiger partial charge in [0.25, 0.3) is 0 Å². The molecule has 3 nitrogen and oxygen atoms in total. The molecule has 0 aliphatic carbocycles. The van der Waals surface area contributed by atoms with Crippen molar-refractivity contribution < 1.29 is 0 Å². The molecular formula is C13H25N3S. The summed E-state index contributed by atoms with van der Waals surface area (Å²) in [7, 11) is 0. The molecule has 0 aromatic carbocycles. The van der Waals surface area contributed by atoms with E-state index in [1.807, 2.05) is 18.7 Å². The average Bonchev–Trinajstić information content (AvgIpc) is 2.59. The van der Waals surface area contributed by atoms with Crippen LogP contribution in [0.2, 0.25) is 0 Å². The predicted molar refractivity (Wildman–Crippen MR) is 78.0 cm³/mol. The molecule has 0 aliphatic heterocycles. The highest BCUT2D eigenvalue weighted by Crippen LogP contribution is 2.25. The fraction of sp³-hybridized carbons (Fsp3) is 0.769. The van der Waals surface area contributed by atoms with E-state index in [4.69, 9.17) is 0 Å². The van der Waals surface area contributed by atoms with E-state index >= 15 is 0 Å². The van der Waals surface area contributed by atoms with Crippen LogP contribution in [0.5, 0.6) is 0 Å². The normalized spacial score (nSPS) is 11.8. The van der Waals surface area contributed by atoms with Gasteiger partial charge in [-0.2, -0.15) is 11.8 Å². The van der Waals surface area contributed by atoms with Crippen LogP contribution in [0, 0.1) is 6.92 Å². The van der Waals surface area contributed by atoms with Crippen LogP contribution in [0.4, 0.5) is 5.95 Å². The maximum Gasteiger partial charge on any atom is 0.203 e. The number of hydrogen-bond donors (Lipinski definition) is 1. The first-order valence-corrected chi connectivity index (χ1v) is 7.54. The highest BCUT2D eigenvalue weighted by atomic mass is 32.2. The Morgan fingerprint density at radius 3 is 2.76 bits per heavy atom. The maximum atomic E-state index is 4.54. The Bertz CT molecular complexity index is 344. The second-order valence-corrected chi connectivity index (χ2v) is 6.59. The van der Waals surface area contributed by atoms with Crippen molar-refractivity contribution in [3.63, 3.8) is 0 Å². The van der Waals surface area contributed by atoms with E-state index in [-0.39, 0.29) is 4.75 Å². The molecule has 1 rings (SSSR count). The first kappa shape index (κ1) is 14.4. The Morgan fingerprint density at radius 2 is 2.18 bits per heavy atom. The number of hydrogen-bond acceptors (Lipinski definition) is 3. The van der Waals surface area contributed by atoms with Gasteiger partial charge in [0.05, 0.1) is 5.69 Å². The van der Waals surface area contributed by atoms with Crippen LogP contribution in [0.25, 0.3) is 0 Å². The van der Waals surface area contributed by atoms with E-state index < -0.39 is 0 Å². The molecule has 17 heavy (non-hydrogen) atoms. The average molecular weight is 255 g/mol. The van der Waals surface area contributed by atoms with Crippen molar-refractivity contribution in [3.8, 4) is 0 Å². The minimum absolute atomic E-state index is 0.244. The minimum atomic E-state index is 0.244. The first-order chi connectivity index (χ1) is 7.98. The number of imidazole rings is 1. The van der Waals surface area contributed by atoms with Crippen molar-refractivity contribution in [2.24, 2.45) is 0 Å². The molecule has 0 saturated carbocycles. The molecule has 0 saturated heterocycles. The summed E-state index contributed by atoms with van der Waals surface area (Å²) < 4.78 is 2.48. The predicted octanol–water partition coefficient (Wildman–Crippen LogP) is 3.55. The quantitative estimate of drug-likeness (QED) is 0.756. The molecule has 0 unspecified atom stereocenters. The number of rotatable bonds is 7. The van der Waals surface area contributed by atoms with Crippen LogP contribution in [0.1, 0.15) is 39.3 Å². The lowest BCUT2D eigenvalue weighted by Gasteiger charge is -2.23. The van der Waals surface area contributed by atoms with Crippen molar-refractivity contribution >= 4 is 17.7 Å². The molecule has 1 heterocycles. The van der Waals surface area contributed by atoms with Crippen LogP contribution < -0.4 is 5.32 Å². The molecule has 1 aromatic heterocycles. The SMILES string of the molecule is CCCCNc1nc(C)cn1CC(C)(C)SC. The summed E-state index contributed by atoms with van der Waals surface area (Å²) in [5.74, 6) is 1.01. The van der Waals surface area contributed by atoms with Crippen LogP contribution in [0.3, 0.4) is 0 Å². The van der Waals surface area contributed by atoms with E-state index in [1.165, 1.54) is 12.8 Å². The zero-order valence-corrected chi connectivity index (χ0v) is 12.5. The molecule has 1 N–H and O–H groups in total. The third-order valence-electron chi connectivity index (χ3n) is 2.81. The third kappa shape index (κ3) is 4.62. The van der Waals surface area contributed by atoms with E-state index in [0.717, 1.165) is 24.7 Å². The second kappa shape index (κ2) is 6.34. The van der Waals surface area contributed by atoms with Gasteiger partial charge in [-0.3, -0.25) is 0 Å². The summed E-state index contributed by atoms with van der Waals surface area (Å²) in [6.07, 6.45) is 6.70. The maximum absolute atomic E-state index is 4.54. The number of aryl methyl sites for hydroxylation is 1. The van der Waals surface area contributed by atoms with Crippen molar-refractivity contribution in [1.29, 1.82) is 0 Å². The van der Waals surface area contributed by atoms with Gasteiger partial charge >= 0.3 is 0 Å². The lowest BCUT2D eigenvalue weighted by molar-refractivity contribution is 0.570. The van der Waals surface area contributed by atoms with E-state index in [0.29, 0.717) is 0 Å². The standard InChI is InChI=1S/C13H25N3S/c1-6-7-8-14-12-15-11(2)9-16(12)10-13(3,4)17-5/h9H,6-8,10H2,1-5H3,(H,14,15). The van der Waals surface area contributed by atoms with Crippen molar-refractivity contribution in [2.75, 3.05) is 18.1 Å². The Kier molecular flexibility index (Phi) is 5.37. The first-order valence-electron chi connectivity index (χ1n) is 6.31. The molecule has 0 aliphatic rings. The minimum Gasteiger partial charge on any atom is -0.356 e. The van der Waals surface area contributed by atoms with Crippen LogP contribution in [-0.4, -0.2) is 27.1 Å². The summed E-state index contributed by atoms with van der Waals surface area (Å²) in [6, 6.07) is 0. The Balaban J connectivity index is 2.70. The Labute approximate surface area is 109 Å². The lowest BCUT2D eigenvalue weighted by Crippen LogP contribution is -2.23. The zero-order valence-electron chi connectivity index (χ0n) is 11.7. The number of unbranched alkanes of at least 4 members (excludes halogenated alkanes) is 1. The van der Waals surface area contributed by atoms with Crippen LogP contribution in [0.15, 0.2) is 6.20 Å². The van der Waals surface area contributed by atoms with Gasteiger partial charge in [0.1, 0.15) is 0 Å². The Hall–Kier alpha value is -0.640. The van der Waals surface area contributed by atoms with Gasteiger partial charge in [-0.1, -0.05) is 13.3 Å². The van der Waals surface area contributed by atoms with E-state index in [1.54, 1.807) is 0 Å². The van der Waals surface area contributed by atoms with Gasteiger partial charge in [0.15, 0.2) is 0 Å². The van der Waals surface area contributed by atoms with Crippen molar-refractivity contribution in [3.05, 3.63) is 11.9 Å². The molecule has 98 valence electrons. The summed E-state index contributed by atoms with van der Waals surface area (Å²) in [5.41, 5.74) is 1.08. The third-order valence-corrected chi connectivity index (χ3v) is 4.05. The molecule has 0 bridgehead atoms. The molecule has 0 fully saturated rings. The van der Waals surface area contributed by atoms with Gasteiger partial charge in [-0.05, 0) is 33.4 Å². The van der Waals surface area contributed by atoms with Gasteiger partial charge in [0.2, 0.25) is 5.95 Å². The number of nitrogens with zero attached hydrogens (tertiary/aromatic N) is 2. The van der Waals surface area contributed by atoms with Crippen molar-refractivity contribution in [1.82, 2.24) is 9.55 Å². The van der Waals surface area contributed by atoms with Crippen molar-refractivity contribution in [2.45, 2.75) is 51.8 Å². The molecular weight excluding hydrogens is 230 g/mol.